The molecule has 142 valence electrons. The molecule has 2 aromatic heterocycles. The molecule has 0 spiro atoms. The number of nitrogens with two attached hydrogens (primary N) is 1. The molecule has 0 radical (unpaired) electrons. The molecule has 1 amide bonds. The highest BCUT2D eigenvalue weighted by molar-refractivity contribution is 5.83. The Morgan fingerprint density at radius 2 is 1.96 bits per heavy atom. The van der Waals surface area contributed by atoms with Crippen LogP contribution < -0.4 is 16.4 Å². The van der Waals surface area contributed by atoms with Crippen LogP contribution in [0, 0.1) is 19.8 Å². The van der Waals surface area contributed by atoms with Gasteiger partial charge in [-0.2, -0.15) is 4.52 Å². The summed E-state index contributed by atoms with van der Waals surface area (Å²) in [6.45, 7) is 8.56. The number of nitrogens with one attached hydrogen (secondary N) is 2. The number of carbonyl (C=O) groups excluding carboxylic acids is 1. The molecular weight excluding hydrogens is 330 g/mol. The maximum absolute atomic E-state index is 12.6. The lowest BCUT2D eigenvalue weighted by atomic mass is 9.88. The predicted octanol–water partition coefficient (Wildman–Crippen LogP) is 2.21. The lowest BCUT2D eigenvalue weighted by molar-refractivity contribution is -0.127. The number of hydrogen-bond donors (Lipinski definition) is 3. The Hall–Kier alpha value is -2.38. The third kappa shape index (κ3) is 3.59. The highest BCUT2D eigenvalue weighted by atomic mass is 16.2. The summed E-state index contributed by atoms with van der Waals surface area (Å²) in [7, 11) is 0. The summed E-state index contributed by atoms with van der Waals surface area (Å²) in [5.41, 5.74) is 9.70. The van der Waals surface area contributed by atoms with E-state index < -0.39 is 0 Å². The molecule has 1 aliphatic rings. The van der Waals surface area contributed by atoms with Crippen molar-refractivity contribution in [2.24, 2.45) is 5.92 Å². The molecule has 1 aliphatic carbocycles. The lowest BCUT2D eigenvalue weighted by Crippen LogP contribution is -2.50. The number of aromatic nitrogens is 4. The smallest absolute Gasteiger partial charge is 0.223 e. The first-order chi connectivity index (χ1) is 12.3. The summed E-state index contributed by atoms with van der Waals surface area (Å²) >= 11 is 0. The lowest BCUT2D eigenvalue weighted by Gasteiger charge is -2.31. The maximum atomic E-state index is 12.6. The molecule has 0 bridgehead atoms. The Morgan fingerprint density at radius 3 is 2.65 bits per heavy atom. The van der Waals surface area contributed by atoms with Crippen LogP contribution in [0.15, 0.2) is 0 Å². The van der Waals surface area contributed by atoms with E-state index in [4.69, 9.17) is 5.73 Å². The molecule has 0 atom stereocenters. The van der Waals surface area contributed by atoms with Crippen LogP contribution in [0.1, 0.15) is 57.2 Å². The minimum Gasteiger partial charge on any atom is -0.394 e. The number of rotatable bonds is 5. The SMILES string of the molecule is Cc1c(NCC(C)(C)NC(=O)C2CCCCC2)c(N)c2nnnn2c1C. The van der Waals surface area contributed by atoms with Crippen molar-refractivity contribution in [3.63, 3.8) is 0 Å². The van der Waals surface area contributed by atoms with Gasteiger partial charge in [0.1, 0.15) is 5.69 Å². The van der Waals surface area contributed by atoms with Crippen LogP contribution in [-0.4, -0.2) is 38.0 Å². The molecule has 1 fully saturated rings. The van der Waals surface area contributed by atoms with Crippen molar-refractivity contribution >= 4 is 22.9 Å². The van der Waals surface area contributed by atoms with E-state index in [1.807, 2.05) is 27.7 Å². The molecule has 0 unspecified atom stereocenters. The molecular formula is C18H29N7O. The summed E-state index contributed by atoms with van der Waals surface area (Å²) in [6.07, 6.45) is 5.54. The third-order valence-electron chi connectivity index (χ3n) is 5.36. The summed E-state index contributed by atoms with van der Waals surface area (Å²) in [4.78, 5) is 12.6. The summed E-state index contributed by atoms with van der Waals surface area (Å²) in [5, 5.41) is 18.3. The van der Waals surface area contributed by atoms with Gasteiger partial charge < -0.3 is 16.4 Å². The second kappa shape index (κ2) is 7.09. The quantitative estimate of drug-likeness (QED) is 0.755. The van der Waals surface area contributed by atoms with E-state index in [1.165, 1.54) is 6.42 Å². The van der Waals surface area contributed by atoms with Gasteiger partial charge in [0.25, 0.3) is 0 Å². The van der Waals surface area contributed by atoms with Crippen LogP contribution in [0.5, 0.6) is 0 Å². The molecule has 1 saturated carbocycles. The zero-order valence-corrected chi connectivity index (χ0v) is 16.1. The van der Waals surface area contributed by atoms with Crippen LogP contribution in [-0.2, 0) is 4.79 Å². The Morgan fingerprint density at radius 1 is 1.27 bits per heavy atom. The van der Waals surface area contributed by atoms with E-state index in [2.05, 4.69) is 26.2 Å². The summed E-state index contributed by atoms with van der Waals surface area (Å²) in [5.74, 6) is 0.310. The average molecular weight is 359 g/mol. The van der Waals surface area contributed by atoms with Crippen molar-refractivity contribution in [3.05, 3.63) is 11.3 Å². The largest absolute Gasteiger partial charge is 0.394 e. The van der Waals surface area contributed by atoms with Crippen LogP contribution in [0.4, 0.5) is 11.4 Å². The van der Waals surface area contributed by atoms with Gasteiger partial charge in [-0.3, -0.25) is 4.79 Å². The molecule has 3 rings (SSSR count). The van der Waals surface area contributed by atoms with Crippen LogP contribution in [0.2, 0.25) is 0 Å². The van der Waals surface area contributed by atoms with Crippen molar-refractivity contribution < 1.29 is 4.79 Å². The second-order valence-electron chi connectivity index (χ2n) is 7.98. The van der Waals surface area contributed by atoms with Gasteiger partial charge in [0.2, 0.25) is 11.6 Å². The topological polar surface area (TPSA) is 110 Å². The number of aryl methyl sites for hydroxylation is 1. The van der Waals surface area contributed by atoms with Crippen LogP contribution >= 0.6 is 0 Å². The Labute approximate surface area is 153 Å². The Kier molecular flexibility index (Phi) is 5.02. The minimum atomic E-state index is -0.390. The number of tetrazole rings is 1. The average Bonchev–Trinajstić information content (AvgIpc) is 3.10. The van der Waals surface area contributed by atoms with Gasteiger partial charge in [0.15, 0.2) is 0 Å². The molecule has 0 aromatic carbocycles. The number of carbonyl (C=O) groups is 1. The van der Waals surface area contributed by atoms with Crippen LogP contribution in [0.3, 0.4) is 0 Å². The number of fused-ring (bicyclic) bond motifs is 1. The fourth-order valence-corrected chi connectivity index (χ4v) is 3.62. The van der Waals surface area contributed by atoms with Crippen LogP contribution in [0.25, 0.3) is 5.65 Å². The molecule has 4 N–H and O–H groups in total. The maximum Gasteiger partial charge on any atom is 0.223 e. The van der Waals surface area contributed by atoms with Gasteiger partial charge in [-0.15, -0.1) is 5.10 Å². The van der Waals surface area contributed by atoms with Gasteiger partial charge in [0, 0.05) is 18.2 Å². The third-order valence-corrected chi connectivity index (χ3v) is 5.36. The molecule has 8 heteroatoms. The number of nitrogens with zero attached hydrogens (tertiary/aromatic N) is 4. The van der Waals surface area contributed by atoms with Gasteiger partial charge >= 0.3 is 0 Å². The first-order valence-electron chi connectivity index (χ1n) is 9.33. The van der Waals surface area contributed by atoms with Gasteiger partial charge in [-0.1, -0.05) is 19.3 Å². The number of pyridine rings is 1. The first kappa shape index (κ1) is 18.4. The molecule has 2 heterocycles. The number of hydrogen-bond acceptors (Lipinski definition) is 6. The van der Waals surface area contributed by atoms with Crippen molar-refractivity contribution in [2.75, 3.05) is 17.6 Å². The number of nitrogen functional groups attached to an aromatic ring is 1. The molecule has 2 aromatic rings. The van der Waals surface area contributed by atoms with E-state index in [9.17, 15) is 4.79 Å². The zero-order valence-electron chi connectivity index (χ0n) is 16.1. The van der Waals surface area contributed by atoms with E-state index in [0.29, 0.717) is 17.9 Å². The van der Waals surface area contributed by atoms with E-state index >= 15 is 0 Å². The molecule has 0 saturated heterocycles. The fraction of sp³-hybridized carbons (Fsp3) is 0.667. The Balaban J connectivity index is 1.71. The normalized spacial score (nSPS) is 16.0. The van der Waals surface area contributed by atoms with E-state index in [1.54, 1.807) is 4.52 Å². The van der Waals surface area contributed by atoms with Crippen molar-refractivity contribution in [3.8, 4) is 0 Å². The first-order valence-corrected chi connectivity index (χ1v) is 9.33. The van der Waals surface area contributed by atoms with Crippen molar-refractivity contribution in [1.29, 1.82) is 0 Å². The summed E-state index contributed by atoms with van der Waals surface area (Å²) < 4.78 is 1.64. The highest BCUT2D eigenvalue weighted by Gasteiger charge is 2.27. The number of amides is 1. The fourth-order valence-electron chi connectivity index (χ4n) is 3.62. The molecule has 26 heavy (non-hydrogen) atoms. The van der Waals surface area contributed by atoms with E-state index in [0.717, 1.165) is 42.6 Å². The predicted molar refractivity (Wildman–Crippen MR) is 102 cm³/mol. The highest BCUT2D eigenvalue weighted by Crippen LogP contribution is 2.29. The second-order valence-corrected chi connectivity index (χ2v) is 7.98. The van der Waals surface area contributed by atoms with E-state index in [-0.39, 0.29) is 17.4 Å². The monoisotopic (exact) mass is 359 g/mol. The van der Waals surface area contributed by atoms with Crippen molar-refractivity contribution in [2.45, 2.75) is 65.3 Å². The van der Waals surface area contributed by atoms with Gasteiger partial charge in [-0.25, -0.2) is 0 Å². The zero-order chi connectivity index (χ0) is 18.9. The van der Waals surface area contributed by atoms with Gasteiger partial charge in [-0.05, 0) is 56.5 Å². The summed E-state index contributed by atoms with van der Waals surface area (Å²) in [6, 6.07) is 0. The standard InChI is InChI=1S/C18H29N7O/c1-11-12(2)25-16(22-23-24-25)14(19)15(11)20-10-18(3,4)21-17(26)13-8-6-5-7-9-13/h13,20H,5-10,19H2,1-4H3,(H,21,26). The van der Waals surface area contributed by atoms with Crippen molar-refractivity contribution in [1.82, 2.24) is 25.4 Å². The minimum absolute atomic E-state index is 0.149. The molecule has 0 aliphatic heterocycles. The molecule has 8 nitrogen and oxygen atoms in total. The Bertz CT molecular complexity index is 805. The van der Waals surface area contributed by atoms with Gasteiger partial charge in [0.05, 0.1) is 11.2 Å². The number of anilines is 2.